The van der Waals surface area contributed by atoms with Crippen LogP contribution in [0.4, 0.5) is 0 Å². The summed E-state index contributed by atoms with van der Waals surface area (Å²) in [6.07, 6.45) is 5.41. The van der Waals surface area contributed by atoms with Crippen molar-refractivity contribution in [2.24, 2.45) is 9.98 Å². The first-order valence-corrected chi connectivity index (χ1v) is 14.5. The smallest absolute Gasteiger partial charge is 0.227 e. The number of aliphatic imine (C=N–C) groups is 2. The zero-order valence-corrected chi connectivity index (χ0v) is 24.4. The second-order valence-electron chi connectivity index (χ2n) is 11.5. The van der Waals surface area contributed by atoms with Crippen molar-refractivity contribution in [3.8, 4) is 11.3 Å². The molecule has 2 unspecified atom stereocenters. The number of hydrogen-bond acceptors (Lipinski definition) is 4. The van der Waals surface area contributed by atoms with Gasteiger partial charge in [-0.15, -0.1) is 0 Å². The quantitative estimate of drug-likeness (QED) is 0.226. The Kier molecular flexibility index (Phi) is 6.16. The van der Waals surface area contributed by atoms with E-state index in [2.05, 4.69) is 101 Å². The first-order chi connectivity index (χ1) is 20.4. The lowest BCUT2D eigenvalue weighted by Gasteiger charge is -2.31. The van der Waals surface area contributed by atoms with Crippen molar-refractivity contribution in [3.63, 3.8) is 0 Å². The van der Waals surface area contributed by atoms with Crippen LogP contribution in [0.15, 0.2) is 113 Å². The Balaban J connectivity index is 1.37. The van der Waals surface area contributed by atoms with Crippen molar-refractivity contribution >= 4 is 33.5 Å². The molecule has 0 spiro atoms. The molecule has 2 aliphatic rings. The molecule has 42 heavy (non-hydrogen) atoms. The third kappa shape index (κ3) is 4.09. The van der Waals surface area contributed by atoms with Gasteiger partial charge >= 0.3 is 0 Å². The Morgan fingerprint density at radius 1 is 0.857 bits per heavy atom. The van der Waals surface area contributed by atoms with Crippen LogP contribution in [-0.2, 0) is 6.42 Å². The lowest BCUT2D eigenvalue weighted by Crippen LogP contribution is -2.27. The van der Waals surface area contributed by atoms with E-state index >= 15 is 0 Å². The number of hydrogen-bond donors (Lipinski definition) is 0. The molecule has 2 atom stereocenters. The Bertz CT molecular complexity index is 2010. The van der Waals surface area contributed by atoms with E-state index in [-0.39, 0.29) is 12.0 Å². The molecule has 4 heterocycles. The van der Waals surface area contributed by atoms with Crippen LogP contribution < -0.4 is 0 Å². The fraction of sp³-hybridized carbons (Fsp3) is 0.184. The Labute approximate surface area is 246 Å². The summed E-state index contributed by atoms with van der Waals surface area (Å²) in [5.74, 6) is 0.162. The van der Waals surface area contributed by atoms with Gasteiger partial charge in [0.1, 0.15) is 5.58 Å². The number of aromatic nitrogens is 1. The van der Waals surface area contributed by atoms with Gasteiger partial charge in [0.2, 0.25) is 5.71 Å². The van der Waals surface area contributed by atoms with Gasteiger partial charge in [0.05, 0.1) is 28.9 Å². The number of rotatable bonds is 3. The molecule has 0 fully saturated rings. The molecule has 5 aromatic rings. The Hall–Kier alpha value is -4.83. The lowest BCUT2D eigenvalue weighted by atomic mass is 9.79. The summed E-state index contributed by atoms with van der Waals surface area (Å²) in [4.78, 5) is 15.1. The number of benzene rings is 3. The Morgan fingerprint density at radius 3 is 2.38 bits per heavy atom. The van der Waals surface area contributed by atoms with Gasteiger partial charge in [0.25, 0.3) is 0 Å². The van der Waals surface area contributed by atoms with Crippen LogP contribution in [0.5, 0.6) is 0 Å². The fourth-order valence-electron chi connectivity index (χ4n) is 6.98. The summed E-state index contributed by atoms with van der Waals surface area (Å²) in [7, 11) is 0. The molecule has 0 bridgehead atoms. The zero-order chi connectivity index (χ0) is 29.1. The number of pyridine rings is 1. The van der Waals surface area contributed by atoms with E-state index in [0.717, 1.165) is 68.7 Å². The summed E-state index contributed by atoms with van der Waals surface area (Å²) in [5, 5.41) is 2.01. The standard InChI is InChI=1S/C38H33N3O/c1-7-32-27-12-10-9-11-26(27)28-14-13-25-19-35-31(20-30(25)33(8-2)39-24(6)37(28)40-32)29-15-16-34(41-38(29)42-35)36-22(4)17-21(3)18-23(36)5/h7-12,15-20,28,37H,1-2,6,13-14H2,3-5H3/b39-33-. The molecule has 2 aliphatic heterocycles. The highest BCUT2D eigenvalue weighted by Gasteiger charge is 2.33. The average Bonchev–Trinajstić information content (AvgIpc) is 3.35. The van der Waals surface area contributed by atoms with Crippen molar-refractivity contribution in [1.82, 2.24) is 4.98 Å². The van der Waals surface area contributed by atoms with Crippen molar-refractivity contribution in [2.45, 2.75) is 45.6 Å². The molecule has 0 amide bonds. The normalized spacial score (nSPS) is 19.5. The summed E-state index contributed by atoms with van der Waals surface area (Å²) < 4.78 is 6.44. The van der Waals surface area contributed by atoms with Crippen molar-refractivity contribution < 1.29 is 4.42 Å². The largest absolute Gasteiger partial charge is 0.438 e. The van der Waals surface area contributed by atoms with Gasteiger partial charge in [-0.25, -0.2) is 4.98 Å². The predicted octanol–water partition coefficient (Wildman–Crippen LogP) is 9.15. The minimum absolute atomic E-state index is 0.155. The molecule has 0 saturated heterocycles. The molecular weight excluding hydrogens is 514 g/mol. The van der Waals surface area contributed by atoms with Crippen LogP contribution >= 0.6 is 0 Å². The highest BCUT2D eigenvalue weighted by atomic mass is 16.3. The topological polar surface area (TPSA) is 50.8 Å². The van der Waals surface area contributed by atoms with Crippen molar-refractivity contribution in [2.75, 3.05) is 0 Å². The van der Waals surface area contributed by atoms with E-state index in [1.54, 1.807) is 0 Å². The number of allylic oxidation sites excluding steroid dienone is 2. The Morgan fingerprint density at radius 2 is 1.62 bits per heavy atom. The summed E-state index contributed by atoms with van der Waals surface area (Å²) in [5.41, 5.74) is 14.3. The number of fused-ring (bicyclic) bond motifs is 7. The number of aryl methyl sites for hydroxylation is 4. The minimum atomic E-state index is -0.155. The molecule has 0 N–H and O–H groups in total. The van der Waals surface area contributed by atoms with Crippen LogP contribution in [0.25, 0.3) is 33.3 Å². The molecule has 7 rings (SSSR count). The van der Waals surface area contributed by atoms with Gasteiger partial charge < -0.3 is 4.42 Å². The molecule has 0 radical (unpaired) electrons. The maximum absolute atomic E-state index is 6.44. The van der Waals surface area contributed by atoms with Crippen molar-refractivity contribution in [1.29, 1.82) is 0 Å². The van der Waals surface area contributed by atoms with E-state index in [1.165, 1.54) is 27.8 Å². The molecule has 0 saturated carbocycles. The van der Waals surface area contributed by atoms with Gasteiger partial charge in [-0.05, 0) is 92.3 Å². The maximum atomic E-state index is 6.44. The molecule has 3 aromatic carbocycles. The van der Waals surface area contributed by atoms with E-state index in [9.17, 15) is 0 Å². The molecule has 2 aromatic heterocycles. The van der Waals surface area contributed by atoms with E-state index in [0.29, 0.717) is 5.71 Å². The van der Waals surface area contributed by atoms with Gasteiger partial charge in [0.15, 0.2) is 0 Å². The zero-order valence-electron chi connectivity index (χ0n) is 24.4. The first-order valence-electron chi connectivity index (χ1n) is 14.5. The summed E-state index contributed by atoms with van der Waals surface area (Å²) in [6, 6.07) is 21.3. The van der Waals surface area contributed by atoms with Gasteiger partial charge in [-0.1, -0.05) is 61.7 Å². The second-order valence-corrected chi connectivity index (χ2v) is 11.5. The van der Waals surface area contributed by atoms with Crippen LogP contribution in [0.2, 0.25) is 0 Å². The molecular formula is C38H33N3O. The SMILES string of the molecule is C=CC1=NC2C(=C)/N=C(/C=C)c3cc4c(cc3CCC2c2ccccc21)oc1nc(-c2c(C)cc(C)cc2C)ccc14. The molecule has 4 heteroatoms. The van der Waals surface area contributed by atoms with E-state index in [1.807, 2.05) is 12.2 Å². The molecule has 0 aliphatic carbocycles. The predicted molar refractivity (Wildman–Crippen MR) is 175 cm³/mol. The third-order valence-corrected chi connectivity index (χ3v) is 8.78. The first kappa shape index (κ1) is 26.1. The van der Waals surface area contributed by atoms with Crippen LogP contribution in [-0.4, -0.2) is 22.4 Å². The minimum Gasteiger partial charge on any atom is -0.438 e. The average molecular weight is 548 g/mol. The summed E-state index contributed by atoms with van der Waals surface area (Å²) in [6.45, 7) is 19.0. The second kappa shape index (κ2) is 9.92. The van der Waals surface area contributed by atoms with Crippen LogP contribution in [0.1, 0.15) is 51.3 Å². The third-order valence-electron chi connectivity index (χ3n) is 8.78. The highest BCUT2D eigenvalue weighted by Crippen LogP contribution is 2.40. The summed E-state index contributed by atoms with van der Waals surface area (Å²) >= 11 is 0. The van der Waals surface area contributed by atoms with E-state index in [4.69, 9.17) is 19.4 Å². The molecule has 206 valence electrons. The lowest BCUT2D eigenvalue weighted by molar-refractivity contribution is 0.540. The highest BCUT2D eigenvalue weighted by molar-refractivity contribution is 6.15. The number of nitrogens with zero attached hydrogens (tertiary/aromatic N) is 3. The van der Waals surface area contributed by atoms with Crippen LogP contribution in [0, 0.1) is 20.8 Å². The fourth-order valence-corrected chi connectivity index (χ4v) is 6.98. The van der Waals surface area contributed by atoms with Crippen molar-refractivity contribution in [3.05, 3.63) is 137 Å². The number of furan rings is 1. The maximum Gasteiger partial charge on any atom is 0.227 e. The van der Waals surface area contributed by atoms with Gasteiger partial charge in [0, 0.05) is 33.4 Å². The molecule has 4 nitrogen and oxygen atoms in total. The van der Waals surface area contributed by atoms with Gasteiger partial charge in [-0.3, -0.25) is 9.98 Å². The van der Waals surface area contributed by atoms with Gasteiger partial charge in [-0.2, -0.15) is 0 Å². The van der Waals surface area contributed by atoms with Crippen LogP contribution in [0.3, 0.4) is 0 Å². The monoisotopic (exact) mass is 547 g/mol. The van der Waals surface area contributed by atoms with E-state index < -0.39 is 0 Å².